The van der Waals surface area contributed by atoms with E-state index in [0.717, 1.165) is 10.6 Å². The van der Waals surface area contributed by atoms with E-state index >= 15 is 0 Å². The van der Waals surface area contributed by atoms with Crippen LogP contribution >= 0.6 is 0 Å². The van der Waals surface area contributed by atoms with E-state index in [1.165, 1.54) is 49.3 Å². The quantitative estimate of drug-likeness (QED) is 0.519. The summed E-state index contributed by atoms with van der Waals surface area (Å²) in [4.78, 5) is 27.3. The fraction of sp³-hybridized carbons (Fsp3) is 0.417. The molecule has 186 valence electrons. The third-order valence-corrected chi connectivity index (χ3v) is 6.33. The Balaban J connectivity index is 2.37. The molecule has 1 N–H and O–H groups in total. The first-order valence-corrected chi connectivity index (χ1v) is 12.7. The Labute approximate surface area is 200 Å². The summed E-state index contributed by atoms with van der Waals surface area (Å²) in [6, 6.07) is 11.2. The summed E-state index contributed by atoms with van der Waals surface area (Å²) < 4.78 is 45.5. The number of nitrogens with zero attached hydrogens (tertiary/aromatic N) is 2. The van der Waals surface area contributed by atoms with E-state index in [2.05, 4.69) is 5.32 Å². The first-order chi connectivity index (χ1) is 15.9. The van der Waals surface area contributed by atoms with Gasteiger partial charge in [0.15, 0.2) is 0 Å². The summed E-state index contributed by atoms with van der Waals surface area (Å²) in [5.41, 5.74) is 0.481. The van der Waals surface area contributed by atoms with Crippen LogP contribution in [0.4, 0.5) is 10.1 Å². The van der Waals surface area contributed by atoms with Gasteiger partial charge in [-0.15, -0.1) is 0 Å². The molecule has 2 rings (SSSR count). The summed E-state index contributed by atoms with van der Waals surface area (Å²) in [5.74, 6) is -0.849. The third kappa shape index (κ3) is 7.44. The van der Waals surface area contributed by atoms with Crippen molar-refractivity contribution in [3.63, 3.8) is 0 Å². The number of amides is 2. The number of halogens is 1. The molecular formula is C24H32FN3O5S. The van der Waals surface area contributed by atoms with Gasteiger partial charge in [0.05, 0.1) is 19.1 Å². The molecule has 2 amide bonds. The second-order valence-corrected chi connectivity index (χ2v) is 10.3. The van der Waals surface area contributed by atoms with Crippen molar-refractivity contribution in [3.05, 3.63) is 59.9 Å². The number of benzene rings is 2. The maximum atomic E-state index is 14.4. The smallest absolute Gasteiger partial charge is 0.244 e. The van der Waals surface area contributed by atoms with Gasteiger partial charge in [0.2, 0.25) is 21.8 Å². The average molecular weight is 494 g/mol. The molecular weight excluding hydrogens is 461 g/mol. The van der Waals surface area contributed by atoms with Crippen LogP contribution in [0.2, 0.25) is 0 Å². The summed E-state index contributed by atoms with van der Waals surface area (Å²) >= 11 is 0. The minimum atomic E-state index is -3.84. The maximum absolute atomic E-state index is 14.4. The van der Waals surface area contributed by atoms with E-state index in [9.17, 15) is 22.4 Å². The summed E-state index contributed by atoms with van der Waals surface area (Å²) in [7, 11) is -2.36. The van der Waals surface area contributed by atoms with Gasteiger partial charge in [-0.05, 0) is 43.2 Å². The highest BCUT2D eigenvalue weighted by Crippen LogP contribution is 2.22. The van der Waals surface area contributed by atoms with Gasteiger partial charge in [-0.2, -0.15) is 0 Å². The van der Waals surface area contributed by atoms with E-state index in [0.29, 0.717) is 12.3 Å². The number of carbonyl (C=O) groups excluding carboxylic acids is 2. The predicted molar refractivity (Wildman–Crippen MR) is 129 cm³/mol. The Morgan fingerprint density at radius 1 is 1.06 bits per heavy atom. The highest BCUT2D eigenvalue weighted by atomic mass is 32.2. The topological polar surface area (TPSA) is 96.0 Å². The molecule has 0 saturated carbocycles. The van der Waals surface area contributed by atoms with E-state index < -0.39 is 40.2 Å². The van der Waals surface area contributed by atoms with Crippen molar-refractivity contribution in [2.45, 2.75) is 33.4 Å². The zero-order valence-electron chi connectivity index (χ0n) is 20.1. The molecule has 2 aromatic rings. The normalized spacial score (nSPS) is 12.2. The largest absolute Gasteiger partial charge is 0.497 e. The lowest BCUT2D eigenvalue weighted by Gasteiger charge is -2.31. The van der Waals surface area contributed by atoms with Gasteiger partial charge in [-0.3, -0.25) is 13.9 Å². The lowest BCUT2D eigenvalue weighted by atomic mass is 10.1. The Hall–Kier alpha value is -3.14. The number of carbonyl (C=O) groups is 2. The van der Waals surface area contributed by atoms with Gasteiger partial charge < -0.3 is 15.0 Å². The molecule has 0 heterocycles. The molecule has 2 aromatic carbocycles. The number of nitrogens with one attached hydrogen (secondary N) is 1. The number of sulfonamides is 1. The number of rotatable bonds is 11. The molecule has 0 bridgehead atoms. The van der Waals surface area contributed by atoms with Crippen LogP contribution in [-0.2, 0) is 26.2 Å². The first kappa shape index (κ1) is 27.1. The molecule has 34 heavy (non-hydrogen) atoms. The first-order valence-electron chi connectivity index (χ1n) is 10.9. The zero-order valence-corrected chi connectivity index (χ0v) is 20.9. The molecule has 0 saturated heterocycles. The molecule has 0 aromatic heterocycles. The average Bonchev–Trinajstić information content (AvgIpc) is 2.79. The van der Waals surface area contributed by atoms with Crippen molar-refractivity contribution in [1.82, 2.24) is 10.2 Å². The van der Waals surface area contributed by atoms with Gasteiger partial charge in [0.25, 0.3) is 0 Å². The van der Waals surface area contributed by atoms with Crippen LogP contribution in [-0.4, -0.2) is 57.6 Å². The summed E-state index contributed by atoms with van der Waals surface area (Å²) in [5, 5.41) is 2.77. The molecule has 8 nitrogen and oxygen atoms in total. The Bertz CT molecular complexity index is 1090. The van der Waals surface area contributed by atoms with Crippen LogP contribution in [0.15, 0.2) is 48.5 Å². The Morgan fingerprint density at radius 2 is 1.68 bits per heavy atom. The highest BCUT2D eigenvalue weighted by molar-refractivity contribution is 7.92. The van der Waals surface area contributed by atoms with Crippen LogP contribution < -0.4 is 14.4 Å². The fourth-order valence-electron chi connectivity index (χ4n) is 3.21. The molecule has 0 aliphatic heterocycles. The monoisotopic (exact) mass is 493 g/mol. The minimum Gasteiger partial charge on any atom is -0.497 e. The molecule has 0 aliphatic rings. The van der Waals surface area contributed by atoms with E-state index in [1.807, 2.05) is 13.8 Å². The van der Waals surface area contributed by atoms with Crippen molar-refractivity contribution in [3.8, 4) is 5.75 Å². The second-order valence-electron chi connectivity index (χ2n) is 8.40. The lowest BCUT2D eigenvalue weighted by Crippen LogP contribution is -2.51. The summed E-state index contributed by atoms with van der Waals surface area (Å²) in [6.45, 7) is 5.07. The summed E-state index contributed by atoms with van der Waals surface area (Å²) in [6.07, 6.45) is 0.991. The van der Waals surface area contributed by atoms with Crippen molar-refractivity contribution in [1.29, 1.82) is 0 Å². The van der Waals surface area contributed by atoms with E-state index in [1.54, 1.807) is 18.2 Å². The number of hydrogen-bond acceptors (Lipinski definition) is 5. The van der Waals surface area contributed by atoms with E-state index in [4.69, 9.17) is 4.74 Å². The molecule has 0 fully saturated rings. The predicted octanol–water partition coefficient (Wildman–Crippen LogP) is 2.79. The van der Waals surface area contributed by atoms with Gasteiger partial charge in [-0.1, -0.05) is 32.0 Å². The number of anilines is 1. The van der Waals surface area contributed by atoms with Crippen molar-refractivity contribution >= 4 is 27.5 Å². The molecule has 1 atom stereocenters. The maximum Gasteiger partial charge on any atom is 0.244 e. The zero-order chi connectivity index (χ0) is 25.5. The lowest BCUT2D eigenvalue weighted by molar-refractivity contribution is -0.139. The van der Waals surface area contributed by atoms with Crippen molar-refractivity contribution in [2.24, 2.45) is 5.92 Å². The Kier molecular flexibility index (Phi) is 9.43. The van der Waals surface area contributed by atoms with Crippen LogP contribution in [0, 0.1) is 11.7 Å². The van der Waals surface area contributed by atoms with Gasteiger partial charge >= 0.3 is 0 Å². The number of hydrogen-bond donors (Lipinski definition) is 1. The number of ether oxygens (including phenoxy) is 1. The van der Waals surface area contributed by atoms with Gasteiger partial charge in [0.1, 0.15) is 24.2 Å². The van der Waals surface area contributed by atoms with Crippen molar-refractivity contribution < 1.29 is 27.1 Å². The van der Waals surface area contributed by atoms with Crippen molar-refractivity contribution in [2.75, 3.05) is 30.8 Å². The molecule has 0 aliphatic carbocycles. The van der Waals surface area contributed by atoms with Crippen LogP contribution in [0.3, 0.4) is 0 Å². The highest BCUT2D eigenvalue weighted by Gasteiger charge is 2.30. The standard InChI is InChI=1S/C24H32FN3O5S/c1-17(2)14-26-24(30)18(3)27(15-19-8-6-7-9-22(19)25)23(29)16-28(34(5,31)32)20-10-12-21(33-4)13-11-20/h6-13,17-18H,14-16H2,1-5H3,(H,26,30)/t18-/m0/s1. The molecule has 10 heteroatoms. The molecule has 0 spiro atoms. The third-order valence-electron chi connectivity index (χ3n) is 5.19. The molecule has 0 radical (unpaired) electrons. The van der Waals surface area contributed by atoms with Gasteiger partial charge in [-0.25, -0.2) is 12.8 Å². The van der Waals surface area contributed by atoms with E-state index in [-0.39, 0.29) is 23.7 Å². The SMILES string of the molecule is COc1ccc(N(CC(=O)N(Cc2ccccc2F)[C@@H](C)C(=O)NCC(C)C)S(C)(=O)=O)cc1. The molecule has 0 unspecified atom stereocenters. The van der Waals surface area contributed by atoms with Crippen LogP contribution in [0.25, 0.3) is 0 Å². The van der Waals surface area contributed by atoms with Gasteiger partial charge in [0, 0.05) is 18.7 Å². The van der Waals surface area contributed by atoms with Crippen LogP contribution in [0.5, 0.6) is 5.75 Å². The second kappa shape index (κ2) is 11.8. The van der Waals surface area contributed by atoms with Crippen LogP contribution in [0.1, 0.15) is 26.3 Å². The minimum absolute atomic E-state index is 0.192. The number of methoxy groups -OCH3 is 1. The Morgan fingerprint density at radius 3 is 2.21 bits per heavy atom. The fourth-order valence-corrected chi connectivity index (χ4v) is 4.06.